The van der Waals surface area contributed by atoms with Gasteiger partial charge in [-0.25, -0.2) is 9.97 Å². The van der Waals surface area contributed by atoms with Gasteiger partial charge >= 0.3 is 0 Å². The first-order valence-electron chi connectivity index (χ1n) is 6.60. The van der Waals surface area contributed by atoms with Crippen LogP contribution < -0.4 is 11.1 Å². The molecule has 0 atom stereocenters. The fourth-order valence-electron chi connectivity index (χ4n) is 1.95. The first kappa shape index (κ1) is 14.7. The molecule has 0 unspecified atom stereocenters. The Morgan fingerprint density at radius 3 is 2.55 bits per heavy atom. The monoisotopic (exact) mass is 330 g/mol. The number of hydrogen-bond acceptors (Lipinski definition) is 6. The number of aromatic nitrogens is 2. The van der Waals surface area contributed by atoms with Crippen molar-refractivity contribution in [1.82, 2.24) is 9.97 Å². The number of nitrogens with one attached hydrogen (secondary N) is 1. The first-order chi connectivity index (χ1) is 10.5. The molecule has 0 bridgehead atoms. The van der Waals surface area contributed by atoms with Crippen LogP contribution in [-0.4, -0.2) is 15.9 Å². The van der Waals surface area contributed by atoms with Crippen molar-refractivity contribution < 1.29 is 4.79 Å². The number of nitrogens with zero attached hydrogens (tertiary/aromatic N) is 2. The van der Waals surface area contributed by atoms with Crippen molar-refractivity contribution in [3.63, 3.8) is 0 Å². The number of anilines is 2. The number of aryl methyl sites for hydroxylation is 2. The number of nitrogens with two attached hydrogens (primary N) is 1. The molecule has 0 radical (unpaired) electrons. The van der Waals surface area contributed by atoms with Crippen LogP contribution in [0.5, 0.6) is 0 Å². The molecule has 0 saturated carbocycles. The third-order valence-electron chi connectivity index (χ3n) is 3.09. The number of thiazole rings is 2. The van der Waals surface area contributed by atoms with E-state index in [1.165, 1.54) is 22.7 Å². The number of amides is 1. The second-order valence-corrected chi connectivity index (χ2v) is 6.71. The van der Waals surface area contributed by atoms with E-state index in [-0.39, 0.29) is 5.91 Å². The molecule has 7 heteroatoms. The minimum atomic E-state index is -0.168. The number of nitrogen functional groups attached to an aromatic ring is 1. The van der Waals surface area contributed by atoms with Gasteiger partial charge in [-0.05, 0) is 26.0 Å². The van der Waals surface area contributed by atoms with Crippen LogP contribution in [0, 0.1) is 13.8 Å². The Labute approximate surface area is 135 Å². The van der Waals surface area contributed by atoms with Gasteiger partial charge in [-0.3, -0.25) is 10.1 Å². The smallest absolute Gasteiger partial charge is 0.257 e. The van der Waals surface area contributed by atoms with Crippen molar-refractivity contribution in [3.05, 3.63) is 46.5 Å². The molecule has 22 heavy (non-hydrogen) atoms. The standard InChI is InChI=1S/C15H14N4OS2/c1-8-3-5-10(6-4-8)13(20)19-15-17-9(2)12(22-15)11-7-21-14(16)18-11/h3-7H,1-2H3,(H2,16,18)(H,17,19,20). The zero-order chi connectivity index (χ0) is 15.7. The topological polar surface area (TPSA) is 80.9 Å². The average molecular weight is 330 g/mol. The zero-order valence-corrected chi connectivity index (χ0v) is 13.7. The number of benzene rings is 1. The van der Waals surface area contributed by atoms with E-state index in [9.17, 15) is 4.79 Å². The molecule has 0 aliphatic rings. The second kappa shape index (κ2) is 5.86. The Balaban J connectivity index is 1.81. The predicted octanol–water partition coefficient (Wildman–Crippen LogP) is 3.72. The lowest BCUT2D eigenvalue weighted by atomic mass is 10.1. The van der Waals surface area contributed by atoms with Crippen LogP contribution in [0.4, 0.5) is 10.3 Å². The number of carbonyl (C=O) groups is 1. The Morgan fingerprint density at radius 2 is 1.91 bits per heavy atom. The molecule has 3 aromatic rings. The minimum Gasteiger partial charge on any atom is -0.375 e. The van der Waals surface area contributed by atoms with E-state index >= 15 is 0 Å². The molecule has 2 heterocycles. The molecule has 112 valence electrons. The van der Waals surface area contributed by atoms with Gasteiger partial charge in [0.25, 0.3) is 5.91 Å². The first-order valence-corrected chi connectivity index (χ1v) is 8.29. The fraction of sp³-hybridized carbons (Fsp3) is 0.133. The van der Waals surface area contributed by atoms with Gasteiger partial charge in [-0.15, -0.1) is 11.3 Å². The quantitative estimate of drug-likeness (QED) is 0.767. The highest BCUT2D eigenvalue weighted by atomic mass is 32.1. The molecule has 0 fully saturated rings. The second-order valence-electron chi connectivity index (χ2n) is 4.82. The van der Waals surface area contributed by atoms with Crippen LogP contribution in [0.1, 0.15) is 21.6 Å². The summed E-state index contributed by atoms with van der Waals surface area (Å²) in [7, 11) is 0. The van der Waals surface area contributed by atoms with Crippen LogP contribution in [-0.2, 0) is 0 Å². The molecule has 0 aliphatic carbocycles. The molecule has 1 aromatic carbocycles. The molecular weight excluding hydrogens is 316 g/mol. The van der Waals surface area contributed by atoms with Crippen LogP contribution in [0.2, 0.25) is 0 Å². The normalized spacial score (nSPS) is 10.6. The van der Waals surface area contributed by atoms with Gasteiger partial charge in [0.2, 0.25) is 0 Å². The SMILES string of the molecule is Cc1ccc(C(=O)Nc2nc(C)c(-c3csc(N)n3)s2)cc1. The third kappa shape index (κ3) is 3.00. The van der Waals surface area contributed by atoms with E-state index in [1.807, 2.05) is 31.4 Å². The van der Waals surface area contributed by atoms with Gasteiger partial charge in [0.15, 0.2) is 10.3 Å². The van der Waals surface area contributed by atoms with Crippen molar-refractivity contribution in [2.24, 2.45) is 0 Å². The summed E-state index contributed by atoms with van der Waals surface area (Å²) in [6.07, 6.45) is 0. The summed E-state index contributed by atoms with van der Waals surface area (Å²) in [5, 5.41) is 5.80. The number of hydrogen-bond donors (Lipinski definition) is 2. The van der Waals surface area contributed by atoms with E-state index in [0.29, 0.717) is 15.8 Å². The molecule has 1 amide bonds. The third-order valence-corrected chi connectivity index (χ3v) is 4.85. The van der Waals surface area contributed by atoms with Crippen molar-refractivity contribution in [2.45, 2.75) is 13.8 Å². The highest BCUT2D eigenvalue weighted by molar-refractivity contribution is 7.19. The molecule has 0 aliphatic heterocycles. The lowest BCUT2D eigenvalue weighted by molar-refractivity contribution is 0.102. The van der Waals surface area contributed by atoms with Gasteiger partial charge in [0.1, 0.15) is 0 Å². The minimum absolute atomic E-state index is 0.168. The summed E-state index contributed by atoms with van der Waals surface area (Å²) in [4.78, 5) is 21.8. The Morgan fingerprint density at radius 1 is 1.18 bits per heavy atom. The van der Waals surface area contributed by atoms with E-state index in [1.54, 1.807) is 12.1 Å². The van der Waals surface area contributed by atoms with Crippen LogP contribution >= 0.6 is 22.7 Å². The van der Waals surface area contributed by atoms with Crippen molar-refractivity contribution in [3.8, 4) is 10.6 Å². The lowest BCUT2D eigenvalue weighted by Crippen LogP contribution is -2.11. The summed E-state index contributed by atoms with van der Waals surface area (Å²) < 4.78 is 0. The van der Waals surface area contributed by atoms with Crippen molar-refractivity contribution in [1.29, 1.82) is 0 Å². The van der Waals surface area contributed by atoms with Crippen molar-refractivity contribution in [2.75, 3.05) is 11.1 Å². The van der Waals surface area contributed by atoms with E-state index < -0.39 is 0 Å². The number of rotatable bonds is 3. The summed E-state index contributed by atoms with van der Waals surface area (Å²) in [6, 6.07) is 7.41. The molecule has 0 spiro atoms. The fourth-order valence-corrected chi connectivity index (χ4v) is 3.50. The Bertz CT molecular complexity index is 820. The highest BCUT2D eigenvalue weighted by Crippen LogP contribution is 2.33. The molecule has 3 N–H and O–H groups in total. The van der Waals surface area contributed by atoms with E-state index in [4.69, 9.17) is 5.73 Å². The van der Waals surface area contributed by atoms with Crippen LogP contribution in [0.15, 0.2) is 29.6 Å². The average Bonchev–Trinajstić information content (AvgIpc) is 3.05. The maximum absolute atomic E-state index is 12.2. The zero-order valence-electron chi connectivity index (χ0n) is 12.1. The molecule has 0 saturated heterocycles. The van der Waals surface area contributed by atoms with Gasteiger partial charge in [0.05, 0.1) is 16.3 Å². The predicted molar refractivity (Wildman–Crippen MR) is 91.5 cm³/mol. The summed E-state index contributed by atoms with van der Waals surface area (Å²) >= 11 is 2.79. The highest BCUT2D eigenvalue weighted by Gasteiger charge is 2.14. The molecule has 5 nitrogen and oxygen atoms in total. The van der Waals surface area contributed by atoms with Crippen LogP contribution in [0.25, 0.3) is 10.6 Å². The molecule has 2 aromatic heterocycles. The molecule has 3 rings (SSSR count). The van der Waals surface area contributed by atoms with Crippen LogP contribution in [0.3, 0.4) is 0 Å². The Kier molecular flexibility index (Phi) is 3.91. The maximum Gasteiger partial charge on any atom is 0.257 e. The summed E-state index contributed by atoms with van der Waals surface area (Å²) in [6.45, 7) is 3.88. The largest absolute Gasteiger partial charge is 0.375 e. The Hall–Kier alpha value is -2.25. The lowest BCUT2D eigenvalue weighted by Gasteiger charge is -2.01. The number of carbonyl (C=O) groups excluding carboxylic acids is 1. The summed E-state index contributed by atoms with van der Waals surface area (Å²) in [5.41, 5.74) is 9.02. The van der Waals surface area contributed by atoms with Gasteiger partial charge in [-0.1, -0.05) is 29.0 Å². The molecular formula is C15H14N4OS2. The van der Waals surface area contributed by atoms with Gasteiger partial charge < -0.3 is 5.73 Å². The maximum atomic E-state index is 12.2. The van der Waals surface area contributed by atoms with Gasteiger partial charge in [0, 0.05) is 10.9 Å². The van der Waals surface area contributed by atoms with E-state index in [2.05, 4.69) is 15.3 Å². The van der Waals surface area contributed by atoms with E-state index in [0.717, 1.165) is 21.8 Å². The van der Waals surface area contributed by atoms with Crippen molar-refractivity contribution >= 4 is 38.8 Å². The summed E-state index contributed by atoms with van der Waals surface area (Å²) in [5.74, 6) is -0.168. The van der Waals surface area contributed by atoms with Gasteiger partial charge in [-0.2, -0.15) is 0 Å².